The first-order valence-corrected chi connectivity index (χ1v) is 6.56. The van der Waals surface area contributed by atoms with Gasteiger partial charge in [0.1, 0.15) is 18.5 Å². The van der Waals surface area contributed by atoms with Crippen molar-refractivity contribution in [2.75, 3.05) is 23.3 Å². The van der Waals surface area contributed by atoms with E-state index in [1.165, 1.54) is 18.9 Å². The van der Waals surface area contributed by atoms with Crippen molar-refractivity contribution in [2.45, 2.75) is 18.9 Å². The van der Waals surface area contributed by atoms with Crippen LogP contribution in [0.1, 0.15) is 12.8 Å². The van der Waals surface area contributed by atoms with Gasteiger partial charge in [-0.2, -0.15) is 0 Å². The number of nitrogens with one attached hydrogen (secondary N) is 1. The number of piperidine rings is 1. The second-order valence-corrected chi connectivity index (χ2v) is 4.69. The van der Waals surface area contributed by atoms with Crippen LogP contribution < -0.4 is 10.2 Å². The fraction of sp³-hybridized carbons (Fsp3) is 0.385. The van der Waals surface area contributed by atoms with Crippen LogP contribution in [-0.4, -0.2) is 39.1 Å². The number of nitrogens with zero attached hydrogens (tertiary/aromatic N) is 5. The molecule has 0 unspecified atom stereocenters. The Morgan fingerprint density at radius 2 is 1.95 bits per heavy atom. The lowest BCUT2D eigenvalue weighted by molar-refractivity contribution is 0.509. The van der Waals surface area contributed by atoms with E-state index in [1.54, 1.807) is 6.20 Å². The van der Waals surface area contributed by atoms with Crippen LogP contribution in [0.25, 0.3) is 0 Å². The standard InChI is InChI=1S/C13H15FN6/c14-11-7-16-9-18-13(11)20-5-2-10(3-6-20)19-12-1-4-15-8-17-12/h1,4,7-10H,2-3,5-6H2,(H,15,17,19). The molecule has 1 aliphatic heterocycles. The minimum absolute atomic E-state index is 0.339. The van der Waals surface area contributed by atoms with E-state index >= 15 is 0 Å². The average molecular weight is 274 g/mol. The van der Waals surface area contributed by atoms with E-state index < -0.39 is 0 Å². The summed E-state index contributed by atoms with van der Waals surface area (Å²) in [5.74, 6) is 0.849. The number of hydrogen-bond acceptors (Lipinski definition) is 6. The van der Waals surface area contributed by atoms with Crippen molar-refractivity contribution < 1.29 is 4.39 Å². The molecule has 0 spiro atoms. The van der Waals surface area contributed by atoms with Gasteiger partial charge in [-0.3, -0.25) is 0 Å². The zero-order valence-electron chi connectivity index (χ0n) is 10.9. The zero-order chi connectivity index (χ0) is 13.8. The fourth-order valence-electron chi connectivity index (χ4n) is 2.36. The van der Waals surface area contributed by atoms with Gasteiger partial charge in [0.05, 0.1) is 6.20 Å². The Morgan fingerprint density at radius 3 is 2.65 bits per heavy atom. The molecule has 1 aliphatic rings. The molecule has 20 heavy (non-hydrogen) atoms. The summed E-state index contributed by atoms with van der Waals surface area (Å²) >= 11 is 0. The summed E-state index contributed by atoms with van der Waals surface area (Å²) in [6.45, 7) is 1.52. The van der Waals surface area contributed by atoms with E-state index in [-0.39, 0.29) is 5.82 Å². The molecular formula is C13H15FN6. The molecule has 1 fully saturated rings. The maximum Gasteiger partial charge on any atom is 0.183 e. The van der Waals surface area contributed by atoms with E-state index in [9.17, 15) is 4.39 Å². The highest BCUT2D eigenvalue weighted by atomic mass is 19.1. The Morgan fingerprint density at radius 1 is 1.15 bits per heavy atom. The first-order chi connectivity index (χ1) is 9.83. The molecule has 7 heteroatoms. The van der Waals surface area contributed by atoms with Crippen LogP contribution in [0.3, 0.4) is 0 Å². The molecule has 3 heterocycles. The Bertz CT molecular complexity index is 556. The van der Waals surface area contributed by atoms with E-state index in [2.05, 4.69) is 25.3 Å². The summed E-state index contributed by atoms with van der Waals surface area (Å²) in [6.07, 6.45) is 7.63. The van der Waals surface area contributed by atoms with Crippen LogP contribution in [0.4, 0.5) is 16.0 Å². The molecule has 1 saturated heterocycles. The van der Waals surface area contributed by atoms with E-state index in [0.29, 0.717) is 11.9 Å². The van der Waals surface area contributed by atoms with Gasteiger partial charge in [0.25, 0.3) is 0 Å². The highest BCUT2D eigenvalue weighted by molar-refractivity contribution is 5.40. The lowest BCUT2D eigenvalue weighted by Crippen LogP contribution is -2.40. The van der Waals surface area contributed by atoms with Gasteiger partial charge >= 0.3 is 0 Å². The summed E-state index contributed by atoms with van der Waals surface area (Å²) in [5.41, 5.74) is 0. The molecular weight excluding hydrogens is 259 g/mol. The monoisotopic (exact) mass is 274 g/mol. The Labute approximate surface area is 116 Å². The highest BCUT2D eigenvalue weighted by Gasteiger charge is 2.22. The summed E-state index contributed by atoms with van der Waals surface area (Å²) in [7, 11) is 0. The van der Waals surface area contributed by atoms with Gasteiger partial charge in [-0.05, 0) is 18.9 Å². The topological polar surface area (TPSA) is 66.8 Å². The van der Waals surface area contributed by atoms with E-state index in [1.807, 2.05) is 11.0 Å². The van der Waals surface area contributed by atoms with Crippen molar-refractivity contribution in [3.63, 3.8) is 0 Å². The molecule has 104 valence electrons. The van der Waals surface area contributed by atoms with Gasteiger partial charge in [0.15, 0.2) is 11.6 Å². The maximum atomic E-state index is 13.6. The highest BCUT2D eigenvalue weighted by Crippen LogP contribution is 2.21. The first-order valence-electron chi connectivity index (χ1n) is 6.56. The lowest BCUT2D eigenvalue weighted by Gasteiger charge is -2.33. The van der Waals surface area contributed by atoms with E-state index in [0.717, 1.165) is 31.7 Å². The van der Waals surface area contributed by atoms with Crippen molar-refractivity contribution in [3.8, 4) is 0 Å². The molecule has 2 aromatic heterocycles. The zero-order valence-corrected chi connectivity index (χ0v) is 10.9. The summed E-state index contributed by atoms with van der Waals surface area (Å²) in [5, 5.41) is 3.36. The van der Waals surface area contributed by atoms with Crippen molar-refractivity contribution in [1.29, 1.82) is 0 Å². The number of anilines is 2. The molecule has 0 radical (unpaired) electrons. The van der Waals surface area contributed by atoms with Crippen LogP contribution in [0.5, 0.6) is 0 Å². The molecule has 0 aliphatic carbocycles. The van der Waals surface area contributed by atoms with Crippen molar-refractivity contribution >= 4 is 11.6 Å². The third kappa shape index (κ3) is 2.81. The number of halogens is 1. The number of hydrogen-bond donors (Lipinski definition) is 1. The van der Waals surface area contributed by atoms with Crippen LogP contribution >= 0.6 is 0 Å². The van der Waals surface area contributed by atoms with Gasteiger partial charge in [0, 0.05) is 25.3 Å². The smallest absolute Gasteiger partial charge is 0.183 e. The van der Waals surface area contributed by atoms with E-state index in [4.69, 9.17) is 0 Å². The Hall–Kier alpha value is -2.31. The summed E-state index contributed by atoms with van der Waals surface area (Å²) in [6, 6.07) is 2.18. The predicted octanol–water partition coefficient (Wildman–Crippen LogP) is 1.49. The van der Waals surface area contributed by atoms with Gasteiger partial charge in [-0.1, -0.05) is 0 Å². The summed E-state index contributed by atoms with van der Waals surface area (Å²) in [4.78, 5) is 17.7. The van der Waals surface area contributed by atoms with Crippen molar-refractivity contribution in [3.05, 3.63) is 36.9 Å². The molecule has 0 saturated carbocycles. The quantitative estimate of drug-likeness (QED) is 0.914. The van der Waals surface area contributed by atoms with Crippen LogP contribution in [0.2, 0.25) is 0 Å². The fourth-order valence-corrected chi connectivity index (χ4v) is 2.36. The molecule has 0 bridgehead atoms. The normalized spacial score (nSPS) is 16.1. The lowest BCUT2D eigenvalue weighted by atomic mass is 10.1. The molecule has 0 atom stereocenters. The average Bonchev–Trinajstić information content (AvgIpc) is 2.50. The number of rotatable bonds is 3. The van der Waals surface area contributed by atoms with Gasteiger partial charge in [-0.15, -0.1) is 0 Å². The van der Waals surface area contributed by atoms with Crippen molar-refractivity contribution in [1.82, 2.24) is 19.9 Å². The largest absolute Gasteiger partial charge is 0.367 e. The second kappa shape index (κ2) is 5.77. The second-order valence-electron chi connectivity index (χ2n) is 4.69. The van der Waals surface area contributed by atoms with Crippen molar-refractivity contribution in [2.24, 2.45) is 0 Å². The Kier molecular flexibility index (Phi) is 3.67. The van der Waals surface area contributed by atoms with Gasteiger partial charge in [-0.25, -0.2) is 24.3 Å². The maximum absolute atomic E-state index is 13.6. The molecule has 3 rings (SSSR count). The summed E-state index contributed by atoms with van der Waals surface area (Å²) < 4.78 is 13.6. The molecule has 2 aromatic rings. The minimum Gasteiger partial charge on any atom is -0.367 e. The molecule has 6 nitrogen and oxygen atoms in total. The predicted molar refractivity (Wildman–Crippen MR) is 72.9 cm³/mol. The minimum atomic E-state index is -0.366. The molecule has 0 aromatic carbocycles. The van der Waals surface area contributed by atoms with Crippen LogP contribution in [0, 0.1) is 5.82 Å². The van der Waals surface area contributed by atoms with Gasteiger partial charge < -0.3 is 10.2 Å². The molecule has 1 N–H and O–H groups in total. The van der Waals surface area contributed by atoms with Crippen LogP contribution in [0.15, 0.2) is 31.1 Å². The van der Waals surface area contributed by atoms with Gasteiger partial charge in [0.2, 0.25) is 0 Å². The van der Waals surface area contributed by atoms with Crippen LogP contribution in [-0.2, 0) is 0 Å². The number of aromatic nitrogens is 4. The molecule has 0 amide bonds. The Balaban J connectivity index is 1.59. The third-order valence-electron chi connectivity index (χ3n) is 3.38. The first kappa shape index (κ1) is 12.7. The third-order valence-corrected chi connectivity index (χ3v) is 3.38. The SMILES string of the molecule is Fc1cncnc1N1CCC(Nc2ccncn2)CC1.